The average Bonchev–Trinajstić information content (AvgIpc) is 3.32. The predicted octanol–water partition coefficient (Wildman–Crippen LogP) is 13.9. The summed E-state index contributed by atoms with van der Waals surface area (Å²) in [4.78, 5) is 12.9. The van der Waals surface area contributed by atoms with Gasteiger partial charge >= 0.3 is 16.4 Å². The van der Waals surface area contributed by atoms with E-state index >= 15 is 0 Å². The molecule has 0 radical (unpaired) electrons. The van der Waals surface area contributed by atoms with Crippen molar-refractivity contribution in [3.05, 3.63) is 24.3 Å². The fourth-order valence-electron chi connectivity index (χ4n) is 9.00. The SMILES string of the molecule is CCCCCCC/C=C\C/C=C\CCCCCCCCCCCC(=O)OC(COCCCCCCCCCCCCCCCCCCCCCCC)COC1OC(CO)C(O)C(OS(=O)(=O)O)C1O. The lowest BCUT2D eigenvalue weighted by Gasteiger charge is -2.41. The van der Waals surface area contributed by atoms with Crippen molar-refractivity contribution < 1.29 is 56.2 Å². The third-order valence-electron chi connectivity index (χ3n) is 13.3. The lowest BCUT2D eigenvalue weighted by Crippen LogP contribution is -2.60. The van der Waals surface area contributed by atoms with Crippen LogP contribution in [0.3, 0.4) is 0 Å². The monoisotopic (exact) mass is 1000 g/mol. The van der Waals surface area contributed by atoms with Gasteiger partial charge in [0.15, 0.2) is 6.29 Å². The molecule has 6 unspecified atom stereocenters. The van der Waals surface area contributed by atoms with Gasteiger partial charge in [0.05, 0.1) is 19.8 Å². The Morgan fingerprint density at radius 2 is 0.957 bits per heavy atom. The van der Waals surface area contributed by atoms with Gasteiger partial charge < -0.3 is 34.3 Å². The smallest absolute Gasteiger partial charge is 0.397 e. The van der Waals surface area contributed by atoms with Crippen LogP contribution in [0, 0.1) is 0 Å². The molecule has 0 aromatic rings. The topological polar surface area (TPSA) is 178 Å². The highest BCUT2D eigenvalue weighted by molar-refractivity contribution is 7.80. The number of rotatable bonds is 51. The first-order valence-corrected chi connectivity index (χ1v) is 30.0. The van der Waals surface area contributed by atoms with Crippen molar-refractivity contribution in [3.63, 3.8) is 0 Å². The zero-order valence-electron chi connectivity index (χ0n) is 44.1. The van der Waals surface area contributed by atoms with Crippen LogP contribution in [0.1, 0.15) is 264 Å². The Hall–Kier alpha value is -1.42. The van der Waals surface area contributed by atoms with E-state index in [0.717, 1.165) is 51.4 Å². The summed E-state index contributed by atoms with van der Waals surface area (Å²) in [5.74, 6) is -0.398. The Morgan fingerprint density at radius 1 is 0.551 bits per heavy atom. The number of carbonyl (C=O) groups is 1. The number of ether oxygens (including phenoxy) is 4. The van der Waals surface area contributed by atoms with Crippen LogP contribution >= 0.6 is 0 Å². The molecule has 1 aliphatic rings. The lowest BCUT2D eigenvalue weighted by atomic mass is 9.99. The minimum Gasteiger partial charge on any atom is -0.457 e. The average molecular weight is 1000 g/mol. The van der Waals surface area contributed by atoms with Crippen molar-refractivity contribution in [2.75, 3.05) is 26.4 Å². The molecule has 0 amide bonds. The van der Waals surface area contributed by atoms with Gasteiger partial charge in [-0.25, -0.2) is 4.18 Å². The third kappa shape index (κ3) is 40.7. The van der Waals surface area contributed by atoms with E-state index in [1.54, 1.807) is 0 Å². The van der Waals surface area contributed by atoms with Gasteiger partial charge in [-0.15, -0.1) is 0 Å². The minimum absolute atomic E-state index is 0.0394. The molecular formula is C56H106O12S. The fraction of sp³-hybridized carbons (Fsp3) is 0.911. The van der Waals surface area contributed by atoms with Gasteiger partial charge in [-0.05, 0) is 44.9 Å². The van der Waals surface area contributed by atoms with E-state index < -0.39 is 59.8 Å². The second kappa shape index (κ2) is 47.6. The molecule has 13 heteroatoms. The highest BCUT2D eigenvalue weighted by Gasteiger charge is 2.48. The van der Waals surface area contributed by atoms with E-state index in [0.29, 0.717) is 13.0 Å². The maximum Gasteiger partial charge on any atom is 0.397 e. The van der Waals surface area contributed by atoms with Gasteiger partial charge in [-0.1, -0.05) is 237 Å². The van der Waals surface area contributed by atoms with Crippen molar-refractivity contribution in [1.29, 1.82) is 0 Å². The first-order chi connectivity index (χ1) is 33.6. The molecule has 4 N–H and O–H groups in total. The summed E-state index contributed by atoms with van der Waals surface area (Å²) in [7, 11) is -5.07. The van der Waals surface area contributed by atoms with Crippen molar-refractivity contribution >= 4 is 16.4 Å². The molecule has 1 heterocycles. The van der Waals surface area contributed by atoms with Crippen LogP contribution < -0.4 is 0 Å². The first kappa shape index (κ1) is 65.6. The van der Waals surface area contributed by atoms with Gasteiger partial charge in [0.2, 0.25) is 0 Å². The number of aliphatic hydroxyl groups excluding tert-OH is 3. The summed E-state index contributed by atoms with van der Waals surface area (Å²) in [6, 6.07) is 0. The quantitative estimate of drug-likeness (QED) is 0.0196. The highest BCUT2D eigenvalue weighted by Crippen LogP contribution is 2.26. The van der Waals surface area contributed by atoms with Crippen LogP contribution in [-0.4, -0.2) is 97.5 Å². The second-order valence-corrected chi connectivity index (χ2v) is 20.9. The second-order valence-electron chi connectivity index (χ2n) is 19.9. The Morgan fingerprint density at radius 3 is 1.38 bits per heavy atom. The van der Waals surface area contributed by atoms with Gasteiger partial charge in [0.1, 0.15) is 30.5 Å². The van der Waals surface area contributed by atoms with E-state index in [2.05, 4.69) is 42.3 Å². The summed E-state index contributed by atoms with van der Waals surface area (Å²) in [5.41, 5.74) is 0. The predicted molar refractivity (Wildman–Crippen MR) is 281 cm³/mol. The molecule has 12 nitrogen and oxygen atoms in total. The van der Waals surface area contributed by atoms with Gasteiger partial charge in [-0.2, -0.15) is 8.42 Å². The van der Waals surface area contributed by atoms with Crippen LogP contribution in [-0.2, 0) is 38.3 Å². The Kier molecular flexibility index (Phi) is 45.2. The molecule has 0 saturated carbocycles. The molecule has 0 spiro atoms. The summed E-state index contributed by atoms with van der Waals surface area (Å²) >= 11 is 0. The van der Waals surface area contributed by atoms with E-state index in [4.69, 9.17) is 18.9 Å². The number of allylic oxidation sites excluding steroid dienone is 4. The minimum atomic E-state index is -5.07. The molecule has 1 aliphatic heterocycles. The van der Waals surface area contributed by atoms with Crippen LogP contribution in [0.2, 0.25) is 0 Å². The molecule has 1 fully saturated rings. The number of unbranched alkanes of at least 4 members (excludes halogenated alkanes) is 34. The van der Waals surface area contributed by atoms with Crippen molar-refractivity contribution in [2.45, 2.75) is 301 Å². The molecular weight excluding hydrogens is 897 g/mol. The van der Waals surface area contributed by atoms with E-state index in [9.17, 15) is 33.1 Å². The number of hydrogen-bond donors (Lipinski definition) is 4. The Labute approximate surface area is 422 Å². The molecule has 0 aromatic carbocycles. The van der Waals surface area contributed by atoms with Gasteiger partial charge in [0, 0.05) is 13.0 Å². The standard InChI is InChI=1S/C56H106O12S/c1-3-5-7-9-11-13-15-17-19-21-23-25-27-29-31-33-35-37-39-41-43-45-52(58)66-50(49-65-56-54(60)55(68-69(61,62)63)53(59)51(47-57)67-56)48-64-46-44-42-40-38-36-34-32-30-28-26-24-22-20-18-16-14-12-10-8-6-4-2/h15,17,21,23,50-51,53-57,59-60H,3-14,16,18-20,22,24-49H2,1-2H3,(H,61,62,63)/b17-15-,23-21-. The summed E-state index contributed by atoms with van der Waals surface area (Å²) in [6.45, 7) is 4.04. The zero-order chi connectivity index (χ0) is 50.3. The zero-order valence-corrected chi connectivity index (χ0v) is 45.0. The molecule has 408 valence electrons. The summed E-state index contributed by atoms with van der Waals surface area (Å²) in [5, 5.41) is 30.8. The first-order valence-electron chi connectivity index (χ1n) is 28.6. The normalized spacial score (nSPS) is 19.3. The van der Waals surface area contributed by atoms with E-state index in [1.807, 2.05) is 0 Å². The van der Waals surface area contributed by atoms with Crippen molar-refractivity contribution in [3.8, 4) is 0 Å². The molecule has 1 rings (SSSR count). The molecule has 0 aromatic heterocycles. The molecule has 6 atom stereocenters. The van der Waals surface area contributed by atoms with Crippen LogP contribution in [0.4, 0.5) is 0 Å². The van der Waals surface area contributed by atoms with Crippen LogP contribution in [0.15, 0.2) is 24.3 Å². The van der Waals surface area contributed by atoms with Crippen LogP contribution in [0.25, 0.3) is 0 Å². The Balaban J connectivity index is 2.30. The number of carbonyl (C=O) groups excluding carboxylic acids is 1. The summed E-state index contributed by atoms with van der Waals surface area (Å²) in [6.07, 6.45) is 47.8. The van der Waals surface area contributed by atoms with Crippen LogP contribution in [0.5, 0.6) is 0 Å². The van der Waals surface area contributed by atoms with Gasteiger partial charge in [-0.3, -0.25) is 9.35 Å². The maximum absolute atomic E-state index is 12.9. The number of hydrogen-bond acceptors (Lipinski definition) is 11. The summed E-state index contributed by atoms with van der Waals surface area (Å²) < 4.78 is 59.4. The molecule has 69 heavy (non-hydrogen) atoms. The molecule has 0 aliphatic carbocycles. The number of aliphatic hydroxyl groups is 3. The maximum atomic E-state index is 12.9. The highest BCUT2D eigenvalue weighted by atomic mass is 32.3. The molecule has 0 bridgehead atoms. The van der Waals surface area contributed by atoms with E-state index in [-0.39, 0.29) is 19.6 Å². The van der Waals surface area contributed by atoms with Crippen molar-refractivity contribution in [1.82, 2.24) is 0 Å². The third-order valence-corrected chi connectivity index (χ3v) is 13.8. The van der Waals surface area contributed by atoms with Gasteiger partial charge in [0.25, 0.3) is 0 Å². The lowest BCUT2D eigenvalue weighted by molar-refractivity contribution is -0.301. The fourth-order valence-corrected chi connectivity index (χ4v) is 9.51. The molecule has 1 saturated heterocycles. The Bertz CT molecular complexity index is 1300. The van der Waals surface area contributed by atoms with E-state index in [1.165, 1.54) is 186 Å². The number of esters is 1. The van der Waals surface area contributed by atoms with Crippen molar-refractivity contribution in [2.24, 2.45) is 0 Å². The largest absolute Gasteiger partial charge is 0.457 e.